The van der Waals surface area contributed by atoms with Crippen molar-refractivity contribution >= 4 is 51.2 Å². The van der Waals surface area contributed by atoms with Crippen LogP contribution in [0, 0.1) is 0 Å². The molecule has 2 aromatic rings. The van der Waals surface area contributed by atoms with E-state index in [1.165, 1.54) is 44.6 Å². The Morgan fingerprint density at radius 3 is 2.00 bits per heavy atom. The number of hydrogen-bond acceptors (Lipinski definition) is 7. The molecule has 0 saturated carbocycles. The van der Waals surface area contributed by atoms with Crippen molar-refractivity contribution in [2.24, 2.45) is 0 Å². The predicted octanol–water partition coefficient (Wildman–Crippen LogP) is 0.228. The topological polar surface area (TPSA) is 116 Å². The molecule has 0 aliphatic carbocycles. The van der Waals surface area contributed by atoms with Gasteiger partial charge in [-0.05, 0) is 24.3 Å². The van der Waals surface area contributed by atoms with Gasteiger partial charge in [-0.1, -0.05) is 0 Å². The molecule has 114 valence electrons. The van der Waals surface area contributed by atoms with Crippen LogP contribution in [-0.4, -0.2) is 62.2 Å². The maximum atomic E-state index is 12.2. The number of nitrogen functional groups attached to an aromatic ring is 1. The zero-order valence-corrected chi connectivity index (χ0v) is 12.2. The SMILES string of the molecule is COc1cc(OC)nc(NS(=O)(=O)c2ccc(N)cc2)n1.[NaH]. The third-order valence-corrected chi connectivity index (χ3v) is 3.86. The van der Waals surface area contributed by atoms with Gasteiger partial charge in [0, 0.05) is 5.69 Å². The van der Waals surface area contributed by atoms with E-state index in [-0.39, 0.29) is 52.2 Å². The van der Waals surface area contributed by atoms with Crippen LogP contribution < -0.4 is 19.9 Å². The second-order valence-electron chi connectivity index (χ2n) is 3.95. The molecule has 0 saturated heterocycles. The fourth-order valence-electron chi connectivity index (χ4n) is 1.48. The Morgan fingerprint density at radius 2 is 1.55 bits per heavy atom. The van der Waals surface area contributed by atoms with Crippen LogP contribution >= 0.6 is 0 Å². The van der Waals surface area contributed by atoms with Crippen molar-refractivity contribution in [3.8, 4) is 11.8 Å². The number of rotatable bonds is 5. The Morgan fingerprint density at radius 1 is 1.05 bits per heavy atom. The summed E-state index contributed by atoms with van der Waals surface area (Å²) in [6.45, 7) is 0. The summed E-state index contributed by atoms with van der Waals surface area (Å²) in [4.78, 5) is 7.84. The Labute approximate surface area is 150 Å². The molecule has 0 aliphatic heterocycles. The normalized spacial score (nSPS) is 10.5. The van der Waals surface area contributed by atoms with Crippen molar-refractivity contribution in [3.05, 3.63) is 30.3 Å². The van der Waals surface area contributed by atoms with Gasteiger partial charge in [0.1, 0.15) is 0 Å². The fourth-order valence-corrected chi connectivity index (χ4v) is 2.43. The Kier molecular flexibility index (Phi) is 6.42. The molecule has 0 spiro atoms. The third kappa shape index (κ3) is 4.47. The number of ether oxygens (including phenoxy) is 2. The van der Waals surface area contributed by atoms with E-state index < -0.39 is 10.0 Å². The molecule has 1 aromatic carbocycles. The van der Waals surface area contributed by atoms with E-state index in [1.807, 2.05) is 0 Å². The van der Waals surface area contributed by atoms with Gasteiger partial charge in [0.25, 0.3) is 10.0 Å². The number of anilines is 2. The predicted molar refractivity (Wildman–Crippen MR) is 83.9 cm³/mol. The van der Waals surface area contributed by atoms with E-state index in [1.54, 1.807) is 0 Å². The second-order valence-corrected chi connectivity index (χ2v) is 5.63. The van der Waals surface area contributed by atoms with Crippen LogP contribution in [0.5, 0.6) is 11.8 Å². The quantitative estimate of drug-likeness (QED) is 0.594. The van der Waals surface area contributed by atoms with Crippen LogP contribution in [0.1, 0.15) is 0 Å². The van der Waals surface area contributed by atoms with Crippen molar-refractivity contribution in [2.45, 2.75) is 4.90 Å². The monoisotopic (exact) mass is 334 g/mol. The Bertz CT molecular complexity index is 715. The van der Waals surface area contributed by atoms with Gasteiger partial charge in [0.05, 0.1) is 25.2 Å². The molecule has 3 N–H and O–H groups in total. The van der Waals surface area contributed by atoms with Gasteiger partial charge in [-0.3, -0.25) is 0 Å². The number of sulfonamides is 1. The fraction of sp³-hybridized carbons (Fsp3) is 0.167. The molecule has 10 heteroatoms. The van der Waals surface area contributed by atoms with Gasteiger partial charge >= 0.3 is 29.6 Å². The van der Waals surface area contributed by atoms with Crippen molar-refractivity contribution < 1.29 is 17.9 Å². The van der Waals surface area contributed by atoms with Crippen LogP contribution in [0.15, 0.2) is 35.2 Å². The van der Waals surface area contributed by atoms with E-state index in [0.29, 0.717) is 5.69 Å². The summed E-state index contributed by atoms with van der Waals surface area (Å²) in [6, 6.07) is 7.17. The first-order chi connectivity index (χ1) is 9.94. The minimum atomic E-state index is -3.82. The van der Waals surface area contributed by atoms with E-state index in [0.717, 1.165) is 0 Å². The van der Waals surface area contributed by atoms with E-state index in [4.69, 9.17) is 15.2 Å². The second kappa shape index (κ2) is 7.63. The first-order valence-corrected chi connectivity index (χ1v) is 7.28. The van der Waals surface area contributed by atoms with Gasteiger partial charge in [0.2, 0.25) is 17.7 Å². The van der Waals surface area contributed by atoms with Crippen LogP contribution in [0.25, 0.3) is 0 Å². The third-order valence-electron chi connectivity index (χ3n) is 2.51. The number of nitrogens with zero attached hydrogens (tertiary/aromatic N) is 2. The van der Waals surface area contributed by atoms with Crippen LogP contribution in [-0.2, 0) is 10.0 Å². The molecule has 0 unspecified atom stereocenters. The number of aromatic nitrogens is 2. The summed E-state index contributed by atoms with van der Waals surface area (Å²) < 4.78 is 36.6. The van der Waals surface area contributed by atoms with Gasteiger partial charge < -0.3 is 15.2 Å². The number of benzene rings is 1. The summed E-state index contributed by atoms with van der Waals surface area (Å²) in [6.07, 6.45) is 0. The molecular weight excluding hydrogens is 319 g/mol. The van der Waals surface area contributed by atoms with Crippen LogP contribution in [0.2, 0.25) is 0 Å². The number of nitrogens with one attached hydrogen (secondary N) is 1. The van der Waals surface area contributed by atoms with E-state index in [2.05, 4.69) is 14.7 Å². The summed E-state index contributed by atoms with van der Waals surface area (Å²) >= 11 is 0. The molecule has 8 nitrogen and oxygen atoms in total. The van der Waals surface area contributed by atoms with Crippen molar-refractivity contribution in [1.82, 2.24) is 9.97 Å². The molecule has 2 rings (SSSR count). The molecule has 0 atom stereocenters. The first-order valence-electron chi connectivity index (χ1n) is 5.80. The summed E-state index contributed by atoms with van der Waals surface area (Å²) in [5, 5.41) is 0. The maximum absolute atomic E-state index is 12.2. The summed E-state index contributed by atoms with van der Waals surface area (Å²) in [5.74, 6) is 0.205. The van der Waals surface area contributed by atoms with Crippen molar-refractivity contribution in [2.75, 3.05) is 24.7 Å². The number of nitrogens with two attached hydrogens (primary N) is 1. The molecule has 0 bridgehead atoms. The molecule has 1 heterocycles. The molecule has 0 aliphatic rings. The zero-order valence-electron chi connectivity index (χ0n) is 11.4. The Hall–Kier alpha value is -1.55. The Balaban J connectivity index is 0.00000242. The van der Waals surface area contributed by atoms with Gasteiger partial charge in [-0.2, -0.15) is 9.97 Å². The van der Waals surface area contributed by atoms with Gasteiger partial charge in [-0.15, -0.1) is 0 Å². The first kappa shape index (κ1) is 18.5. The molecule has 1 aromatic heterocycles. The van der Waals surface area contributed by atoms with E-state index >= 15 is 0 Å². The van der Waals surface area contributed by atoms with Crippen molar-refractivity contribution in [1.29, 1.82) is 0 Å². The summed E-state index contributed by atoms with van der Waals surface area (Å²) in [7, 11) is -1.02. The molecular formula is C12H15N4NaO4S. The van der Waals surface area contributed by atoms with Crippen LogP contribution in [0.3, 0.4) is 0 Å². The van der Waals surface area contributed by atoms with Crippen molar-refractivity contribution in [3.63, 3.8) is 0 Å². The number of hydrogen-bond donors (Lipinski definition) is 2. The molecule has 0 radical (unpaired) electrons. The molecule has 22 heavy (non-hydrogen) atoms. The van der Waals surface area contributed by atoms with Crippen LogP contribution in [0.4, 0.5) is 11.6 Å². The summed E-state index contributed by atoms with van der Waals surface area (Å²) in [5.41, 5.74) is 5.99. The van der Waals surface area contributed by atoms with Gasteiger partial charge in [0.15, 0.2) is 0 Å². The van der Waals surface area contributed by atoms with Gasteiger partial charge in [-0.25, -0.2) is 13.1 Å². The number of methoxy groups -OCH3 is 2. The average molecular weight is 334 g/mol. The molecule has 0 amide bonds. The van der Waals surface area contributed by atoms with E-state index in [9.17, 15) is 8.42 Å². The zero-order chi connectivity index (χ0) is 15.5. The standard InChI is InChI=1S/C12H14N4O4S.Na.H/c1-19-10-7-11(20-2)15-12(14-10)16-21(17,18)9-5-3-8(13)4-6-9;;/h3-7H,13H2,1-2H3,(H,14,15,16);;. The minimum absolute atomic E-state index is 0. The molecule has 0 fully saturated rings. The average Bonchev–Trinajstić information content (AvgIpc) is 2.46.